The Labute approximate surface area is 139 Å². The molecule has 1 heterocycles. The van der Waals surface area contributed by atoms with Gasteiger partial charge in [-0.15, -0.1) is 0 Å². The first-order valence-corrected chi connectivity index (χ1v) is 7.91. The summed E-state index contributed by atoms with van der Waals surface area (Å²) in [5, 5.41) is 2.80. The number of ether oxygens (including phenoxy) is 1. The van der Waals surface area contributed by atoms with Crippen molar-refractivity contribution in [3.05, 3.63) is 47.5 Å². The summed E-state index contributed by atoms with van der Waals surface area (Å²) in [6.45, 7) is 6.10. The summed E-state index contributed by atoms with van der Waals surface area (Å²) in [7, 11) is 0. The lowest BCUT2D eigenvalue weighted by Gasteiger charge is -2.30. The van der Waals surface area contributed by atoms with Gasteiger partial charge in [-0.05, 0) is 30.4 Å². The zero-order chi connectivity index (χ0) is 17.9. The first-order valence-electron chi connectivity index (χ1n) is 7.91. The van der Waals surface area contributed by atoms with E-state index in [0.29, 0.717) is 25.3 Å². The monoisotopic (exact) mass is 341 g/mol. The van der Waals surface area contributed by atoms with Gasteiger partial charge in [-0.25, -0.2) is 13.2 Å². The van der Waals surface area contributed by atoms with E-state index in [2.05, 4.69) is 5.32 Å². The highest BCUT2D eigenvalue weighted by Crippen LogP contribution is 2.31. The molecule has 1 aromatic rings. The second kappa shape index (κ2) is 7.28. The predicted molar refractivity (Wildman–Crippen MR) is 84.5 cm³/mol. The molecule has 0 bridgehead atoms. The number of hydrogen-bond acceptors (Lipinski definition) is 2. The Hall–Kier alpha value is -1.98. The molecule has 132 valence electrons. The highest BCUT2D eigenvalue weighted by Gasteiger charge is 2.30. The van der Waals surface area contributed by atoms with Crippen LogP contribution >= 0.6 is 0 Å². The van der Waals surface area contributed by atoms with Gasteiger partial charge >= 0.3 is 0 Å². The molecule has 0 radical (unpaired) electrons. The Bertz CT molecular complexity index is 638. The maximum Gasteiger partial charge on any atom is 0.220 e. The van der Waals surface area contributed by atoms with Crippen molar-refractivity contribution in [3.8, 4) is 0 Å². The van der Waals surface area contributed by atoms with Crippen molar-refractivity contribution in [1.29, 1.82) is 0 Å². The van der Waals surface area contributed by atoms with Gasteiger partial charge in [0.2, 0.25) is 5.91 Å². The number of amides is 1. The van der Waals surface area contributed by atoms with Gasteiger partial charge in [0.1, 0.15) is 11.9 Å². The highest BCUT2D eigenvalue weighted by molar-refractivity contribution is 5.76. The molecule has 0 saturated carbocycles. The topological polar surface area (TPSA) is 38.3 Å². The Morgan fingerprint density at radius 1 is 1.21 bits per heavy atom. The zero-order valence-corrected chi connectivity index (χ0v) is 14.0. The summed E-state index contributed by atoms with van der Waals surface area (Å²) in [6, 6.07) is 0.731. The number of halogens is 3. The number of carbonyl (C=O) groups excluding carboxylic acids is 1. The second-order valence-electron chi connectivity index (χ2n) is 7.19. The fourth-order valence-electron chi connectivity index (χ4n) is 2.51. The van der Waals surface area contributed by atoms with E-state index in [9.17, 15) is 18.0 Å². The zero-order valence-electron chi connectivity index (χ0n) is 14.0. The average molecular weight is 341 g/mol. The average Bonchev–Trinajstić information content (AvgIpc) is 2.49. The summed E-state index contributed by atoms with van der Waals surface area (Å²) >= 11 is 0. The second-order valence-corrected chi connectivity index (χ2v) is 7.19. The van der Waals surface area contributed by atoms with Crippen LogP contribution in [-0.2, 0) is 9.53 Å². The minimum absolute atomic E-state index is 0.0197. The standard InChI is InChI=1S/C18H22F3NO2/c1-18(2,3)7-6-16(23)22-15-5-4-8-24-17(15)11-9-13(20)14(21)10-12(11)19/h4,8-10,15,17H,5-7H2,1-3H3,(H,22,23)/t15-,17+/m0/s1. The quantitative estimate of drug-likeness (QED) is 0.825. The smallest absolute Gasteiger partial charge is 0.220 e. The highest BCUT2D eigenvalue weighted by atomic mass is 19.2. The van der Waals surface area contributed by atoms with Gasteiger partial charge in [-0.3, -0.25) is 4.79 Å². The van der Waals surface area contributed by atoms with Crippen LogP contribution in [0, 0.1) is 22.9 Å². The van der Waals surface area contributed by atoms with Gasteiger partial charge in [-0.1, -0.05) is 20.8 Å². The molecule has 0 aliphatic carbocycles. The molecular weight excluding hydrogens is 319 g/mol. The molecule has 0 saturated heterocycles. The molecule has 0 spiro atoms. The van der Waals surface area contributed by atoms with Crippen LogP contribution < -0.4 is 5.32 Å². The maximum atomic E-state index is 14.0. The van der Waals surface area contributed by atoms with Crippen LogP contribution in [0.3, 0.4) is 0 Å². The van der Waals surface area contributed by atoms with Crippen molar-refractivity contribution in [2.75, 3.05) is 0 Å². The summed E-state index contributed by atoms with van der Waals surface area (Å²) in [5.41, 5.74) is -0.0919. The van der Waals surface area contributed by atoms with E-state index in [4.69, 9.17) is 4.74 Å². The third-order valence-electron chi connectivity index (χ3n) is 3.87. The van der Waals surface area contributed by atoms with Gasteiger partial charge < -0.3 is 10.1 Å². The van der Waals surface area contributed by atoms with E-state index in [0.717, 1.165) is 6.07 Å². The lowest BCUT2D eigenvalue weighted by atomic mass is 9.90. The van der Waals surface area contributed by atoms with Crippen molar-refractivity contribution in [1.82, 2.24) is 5.32 Å². The summed E-state index contributed by atoms with van der Waals surface area (Å²) in [5.74, 6) is -3.49. The Kier molecular flexibility index (Phi) is 5.57. The van der Waals surface area contributed by atoms with Gasteiger partial charge in [0.15, 0.2) is 11.6 Å². The van der Waals surface area contributed by atoms with Crippen LogP contribution in [-0.4, -0.2) is 11.9 Å². The van der Waals surface area contributed by atoms with E-state index in [1.165, 1.54) is 6.26 Å². The predicted octanol–water partition coefficient (Wildman–Crippen LogP) is 4.39. The van der Waals surface area contributed by atoms with Crippen molar-refractivity contribution in [2.45, 2.75) is 52.2 Å². The maximum absolute atomic E-state index is 14.0. The molecule has 1 aromatic carbocycles. The van der Waals surface area contributed by atoms with Gasteiger partial charge in [0, 0.05) is 18.1 Å². The summed E-state index contributed by atoms with van der Waals surface area (Å²) < 4.78 is 45.9. The van der Waals surface area contributed by atoms with Gasteiger partial charge in [0.05, 0.1) is 12.3 Å². The molecule has 2 atom stereocenters. The van der Waals surface area contributed by atoms with Crippen LogP contribution in [0.1, 0.15) is 51.7 Å². The van der Waals surface area contributed by atoms with Crippen molar-refractivity contribution >= 4 is 5.91 Å². The van der Waals surface area contributed by atoms with Crippen molar-refractivity contribution in [2.24, 2.45) is 5.41 Å². The van der Waals surface area contributed by atoms with Crippen LogP contribution in [0.15, 0.2) is 24.5 Å². The molecule has 1 amide bonds. The van der Waals surface area contributed by atoms with Gasteiger partial charge in [-0.2, -0.15) is 0 Å². The normalized spacial score (nSPS) is 20.6. The first kappa shape index (κ1) is 18.4. The van der Waals surface area contributed by atoms with E-state index in [1.807, 2.05) is 20.8 Å². The molecule has 0 aromatic heterocycles. The number of rotatable bonds is 4. The lowest BCUT2D eigenvalue weighted by molar-refractivity contribution is -0.123. The van der Waals surface area contributed by atoms with Crippen LogP contribution in [0.2, 0.25) is 0 Å². The summed E-state index contributed by atoms with van der Waals surface area (Å²) in [6.07, 6.45) is 3.63. The summed E-state index contributed by atoms with van der Waals surface area (Å²) in [4.78, 5) is 12.1. The first-order chi connectivity index (χ1) is 11.2. The number of hydrogen-bond donors (Lipinski definition) is 1. The van der Waals surface area contributed by atoms with Crippen molar-refractivity contribution in [3.63, 3.8) is 0 Å². The molecule has 6 heteroatoms. The van der Waals surface area contributed by atoms with Gasteiger partial charge in [0.25, 0.3) is 0 Å². The molecule has 1 aliphatic rings. The molecule has 0 fully saturated rings. The Balaban J connectivity index is 2.13. The van der Waals surface area contributed by atoms with Crippen molar-refractivity contribution < 1.29 is 22.7 Å². The third-order valence-corrected chi connectivity index (χ3v) is 3.87. The van der Waals surface area contributed by atoms with E-state index < -0.39 is 29.6 Å². The Morgan fingerprint density at radius 2 is 1.88 bits per heavy atom. The number of nitrogens with one attached hydrogen (secondary N) is 1. The molecule has 0 unspecified atom stereocenters. The largest absolute Gasteiger partial charge is 0.491 e. The lowest BCUT2D eigenvalue weighted by Crippen LogP contribution is -2.41. The number of benzene rings is 1. The fourth-order valence-corrected chi connectivity index (χ4v) is 2.51. The van der Waals surface area contributed by atoms with Crippen LogP contribution in [0.5, 0.6) is 0 Å². The fraction of sp³-hybridized carbons (Fsp3) is 0.500. The van der Waals surface area contributed by atoms with Crippen LogP contribution in [0.4, 0.5) is 13.2 Å². The minimum atomic E-state index is -1.26. The Morgan fingerprint density at radius 3 is 2.54 bits per heavy atom. The SMILES string of the molecule is CC(C)(C)CCC(=O)N[C@H]1CC=CO[C@@H]1c1cc(F)c(F)cc1F. The molecule has 24 heavy (non-hydrogen) atoms. The third kappa shape index (κ3) is 4.76. The number of carbonyl (C=O) groups is 1. The molecule has 1 aliphatic heterocycles. The molecule has 1 N–H and O–H groups in total. The molecule has 2 rings (SSSR count). The van der Waals surface area contributed by atoms with E-state index in [-0.39, 0.29) is 16.9 Å². The minimum Gasteiger partial charge on any atom is -0.491 e. The van der Waals surface area contributed by atoms with E-state index >= 15 is 0 Å². The molecular formula is C18H22F3NO2. The van der Waals surface area contributed by atoms with Crippen LogP contribution in [0.25, 0.3) is 0 Å². The van der Waals surface area contributed by atoms with E-state index in [1.54, 1.807) is 6.08 Å². The molecule has 3 nitrogen and oxygen atoms in total.